The average molecular weight is 330 g/mol. The Labute approximate surface area is 135 Å². The lowest BCUT2D eigenvalue weighted by Gasteiger charge is -2.31. The number of alkyl halides is 3. The van der Waals surface area contributed by atoms with Gasteiger partial charge in [0.25, 0.3) is 0 Å². The molecule has 0 radical (unpaired) electrons. The highest BCUT2D eigenvalue weighted by Gasteiger charge is 2.30. The predicted molar refractivity (Wildman–Crippen MR) is 87.5 cm³/mol. The largest absolute Gasteiger partial charge is 0.416 e. The lowest BCUT2D eigenvalue weighted by atomic mass is 10.0. The molecule has 0 saturated heterocycles. The van der Waals surface area contributed by atoms with Crippen molar-refractivity contribution >= 4 is 5.96 Å². The number of halogens is 3. The molecule has 1 rings (SSSR count). The number of benzene rings is 1. The van der Waals surface area contributed by atoms with E-state index in [1.807, 2.05) is 13.8 Å². The van der Waals surface area contributed by atoms with Crippen molar-refractivity contribution < 1.29 is 13.2 Å². The first-order chi connectivity index (χ1) is 10.9. The summed E-state index contributed by atoms with van der Waals surface area (Å²) in [5.41, 5.74) is 0.222. The maximum absolute atomic E-state index is 12.7. The molecule has 1 aromatic rings. The van der Waals surface area contributed by atoms with E-state index in [2.05, 4.69) is 20.5 Å². The van der Waals surface area contributed by atoms with Crippen LogP contribution in [0.15, 0.2) is 29.3 Å². The SMILES string of the molecule is CCN(CC)C(CNC(=NC)NC)c1ccc(C(F)(F)F)cc1. The summed E-state index contributed by atoms with van der Waals surface area (Å²) in [6.07, 6.45) is -4.31. The summed E-state index contributed by atoms with van der Waals surface area (Å²) >= 11 is 0. The highest BCUT2D eigenvalue weighted by atomic mass is 19.4. The molecule has 0 spiro atoms. The van der Waals surface area contributed by atoms with Gasteiger partial charge in [-0.05, 0) is 30.8 Å². The zero-order valence-corrected chi connectivity index (χ0v) is 14.0. The highest BCUT2D eigenvalue weighted by Crippen LogP contribution is 2.30. The molecule has 2 N–H and O–H groups in total. The predicted octanol–water partition coefficient (Wildman–Crippen LogP) is 2.88. The van der Waals surface area contributed by atoms with Crippen molar-refractivity contribution in [3.63, 3.8) is 0 Å². The molecule has 0 amide bonds. The molecular formula is C16H25F3N4. The zero-order chi connectivity index (χ0) is 17.5. The fourth-order valence-electron chi connectivity index (χ4n) is 2.49. The lowest BCUT2D eigenvalue weighted by Crippen LogP contribution is -2.42. The van der Waals surface area contributed by atoms with Gasteiger partial charge < -0.3 is 10.6 Å². The van der Waals surface area contributed by atoms with Crippen LogP contribution in [0.4, 0.5) is 13.2 Å². The monoisotopic (exact) mass is 330 g/mol. The van der Waals surface area contributed by atoms with Gasteiger partial charge in [-0.1, -0.05) is 26.0 Å². The molecule has 1 unspecified atom stereocenters. The van der Waals surface area contributed by atoms with Crippen LogP contribution in [0, 0.1) is 0 Å². The number of nitrogens with one attached hydrogen (secondary N) is 2. The quantitative estimate of drug-likeness (QED) is 0.622. The second kappa shape index (κ2) is 8.76. The summed E-state index contributed by atoms with van der Waals surface area (Å²) in [7, 11) is 3.43. The third kappa shape index (κ3) is 5.42. The number of hydrogen-bond donors (Lipinski definition) is 2. The van der Waals surface area contributed by atoms with Crippen molar-refractivity contribution in [3.8, 4) is 0 Å². The molecular weight excluding hydrogens is 305 g/mol. The zero-order valence-electron chi connectivity index (χ0n) is 14.0. The summed E-state index contributed by atoms with van der Waals surface area (Å²) in [5.74, 6) is 0.647. The minimum atomic E-state index is -4.31. The van der Waals surface area contributed by atoms with E-state index in [0.717, 1.165) is 30.8 Å². The average Bonchev–Trinajstić information content (AvgIpc) is 2.54. The fraction of sp³-hybridized carbons (Fsp3) is 0.562. The number of guanidine groups is 1. The molecule has 23 heavy (non-hydrogen) atoms. The molecule has 0 aliphatic rings. The van der Waals surface area contributed by atoms with E-state index < -0.39 is 11.7 Å². The number of hydrogen-bond acceptors (Lipinski definition) is 2. The smallest absolute Gasteiger partial charge is 0.359 e. The first-order valence-electron chi connectivity index (χ1n) is 7.66. The van der Waals surface area contributed by atoms with Crippen molar-refractivity contribution in [1.29, 1.82) is 0 Å². The van der Waals surface area contributed by atoms with E-state index in [4.69, 9.17) is 0 Å². The molecule has 0 bridgehead atoms. The maximum atomic E-state index is 12.7. The van der Waals surface area contributed by atoms with E-state index in [0.29, 0.717) is 12.5 Å². The third-order valence-corrected chi connectivity index (χ3v) is 3.80. The molecule has 0 fully saturated rings. The van der Waals surface area contributed by atoms with Crippen molar-refractivity contribution in [2.75, 3.05) is 33.7 Å². The number of likely N-dealkylation sites (N-methyl/N-ethyl adjacent to an activating group) is 1. The van der Waals surface area contributed by atoms with Crippen molar-refractivity contribution in [2.24, 2.45) is 4.99 Å². The standard InChI is InChI=1S/C16H25F3N4/c1-5-23(6-2)14(11-22-15(20-3)21-4)12-7-9-13(10-8-12)16(17,18)19/h7-10,14H,5-6,11H2,1-4H3,(H2,20,21,22). The van der Waals surface area contributed by atoms with Crippen molar-refractivity contribution in [3.05, 3.63) is 35.4 Å². The molecule has 0 aromatic heterocycles. The molecule has 0 aliphatic heterocycles. The Morgan fingerprint density at radius 2 is 1.74 bits per heavy atom. The minimum absolute atomic E-state index is 0.0302. The van der Waals surface area contributed by atoms with Crippen LogP contribution in [-0.4, -0.2) is 44.6 Å². The Bertz CT molecular complexity index is 493. The highest BCUT2D eigenvalue weighted by molar-refractivity contribution is 5.79. The van der Waals surface area contributed by atoms with Gasteiger partial charge in [0.15, 0.2) is 5.96 Å². The van der Waals surface area contributed by atoms with Gasteiger partial charge >= 0.3 is 6.18 Å². The summed E-state index contributed by atoms with van der Waals surface area (Å²) in [6.45, 7) is 6.24. The van der Waals surface area contributed by atoms with Gasteiger partial charge in [0.2, 0.25) is 0 Å². The van der Waals surface area contributed by atoms with Gasteiger partial charge in [0.05, 0.1) is 11.6 Å². The van der Waals surface area contributed by atoms with Crippen LogP contribution >= 0.6 is 0 Å². The van der Waals surface area contributed by atoms with Gasteiger partial charge in [-0.25, -0.2) is 0 Å². The van der Waals surface area contributed by atoms with Crippen LogP contribution in [0.5, 0.6) is 0 Å². The first-order valence-corrected chi connectivity index (χ1v) is 7.66. The van der Waals surface area contributed by atoms with Crippen LogP contribution < -0.4 is 10.6 Å². The Morgan fingerprint density at radius 1 is 1.17 bits per heavy atom. The molecule has 0 aliphatic carbocycles. The van der Waals surface area contributed by atoms with Crippen molar-refractivity contribution in [1.82, 2.24) is 15.5 Å². The summed E-state index contributed by atoms with van der Waals surface area (Å²) in [6, 6.07) is 5.35. The van der Waals surface area contributed by atoms with Gasteiger partial charge in [-0.15, -0.1) is 0 Å². The molecule has 130 valence electrons. The molecule has 0 saturated carbocycles. The Morgan fingerprint density at radius 3 is 2.13 bits per heavy atom. The van der Waals surface area contributed by atoms with E-state index in [-0.39, 0.29) is 6.04 Å². The van der Waals surface area contributed by atoms with Gasteiger partial charge in [0, 0.05) is 20.6 Å². The molecule has 1 aromatic carbocycles. The Balaban J connectivity index is 2.99. The van der Waals surface area contributed by atoms with Crippen molar-refractivity contribution in [2.45, 2.75) is 26.1 Å². The normalized spacial score (nSPS) is 14.0. The summed E-state index contributed by atoms with van der Waals surface area (Å²) in [5, 5.41) is 6.12. The lowest BCUT2D eigenvalue weighted by molar-refractivity contribution is -0.137. The minimum Gasteiger partial charge on any atom is -0.359 e. The van der Waals surface area contributed by atoms with Crippen LogP contribution in [0.3, 0.4) is 0 Å². The number of aliphatic imine (C=N–C) groups is 1. The number of rotatable bonds is 6. The first kappa shape index (κ1) is 19.3. The Hall–Kier alpha value is -1.76. The van der Waals surface area contributed by atoms with Crippen LogP contribution in [-0.2, 0) is 6.18 Å². The second-order valence-electron chi connectivity index (χ2n) is 5.06. The van der Waals surface area contributed by atoms with E-state index in [9.17, 15) is 13.2 Å². The van der Waals surface area contributed by atoms with Crippen LogP contribution in [0.2, 0.25) is 0 Å². The van der Waals surface area contributed by atoms with Gasteiger partial charge in [-0.2, -0.15) is 13.2 Å². The van der Waals surface area contributed by atoms with Crippen LogP contribution in [0.25, 0.3) is 0 Å². The third-order valence-electron chi connectivity index (χ3n) is 3.80. The van der Waals surface area contributed by atoms with Crippen LogP contribution in [0.1, 0.15) is 31.0 Å². The van der Waals surface area contributed by atoms with E-state index in [1.54, 1.807) is 26.2 Å². The summed E-state index contributed by atoms with van der Waals surface area (Å²) in [4.78, 5) is 6.25. The fourth-order valence-corrected chi connectivity index (χ4v) is 2.49. The van der Waals surface area contributed by atoms with E-state index >= 15 is 0 Å². The van der Waals surface area contributed by atoms with Gasteiger partial charge in [0.1, 0.15) is 0 Å². The topological polar surface area (TPSA) is 39.7 Å². The van der Waals surface area contributed by atoms with E-state index in [1.165, 1.54) is 0 Å². The molecule has 7 heteroatoms. The molecule has 4 nitrogen and oxygen atoms in total. The summed E-state index contributed by atoms with van der Waals surface area (Å²) < 4.78 is 38.1. The molecule has 1 atom stereocenters. The molecule has 0 heterocycles. The Kier molecular flexibility index (Phi) is 7.35. The number of nitrogens with zero attached hydrogens (tertiary/aromatic N) is 2. The van der Waals surface area contributed by atoms with Gasteiger partial charge in [-0.3, -0.25) is 9.89 Å². The maximum Gasteiger partial charge on any atom is 0.416 e. The second-order valence-corrected chi connectivity index (χ2v) is 5.06.